The minimum atomic E-state index is -2.88. The quantitative estimate of drug-likeness (QED) is 0.855. The molecule has 1 amide bonds. The summed E-state index contributed by atoms with van der Waals surface area (Å²) in [5.41, 5.74) is -3.30. The number of halogens is 5. The van der Waals surface area contributed by atoms with Gasteiger partial charge in [0.25, 0.3) is 12.0 Å². The van der Waals surface area contributed by atoms with Crippen molar-refractivity contribution in [1.82, 2.24) is 4.57 Å². The van der Waals surface area contributed by atoms with E-state index in [2.05, 4.69) is 5.32 Å². The third-order valence-electron chi connectivity index (χ3n) is 2.95. The summed E-state index contributed by atoms with van der Waals surface area (Å²) in [6, 6.07) is 0.668. The predicted molar refractivity (Wildman–Crippen MR) is 71.1 cm³/mol. The second-order valence-corrected chi connectivity index (χ2v) is 5.93. The summed E-state index contributed by atoms with van der Waals surface area (Å²) in [6.45, 7) is -1.03. The van der Waals surface area contributed by atoms with Gasteiger partial charge in [0, 0.05) is 18.7 Å². The minimum Gasteiger partial charge on any atom is -0.324 e. The fourth-order valence-electron chi connectivity index (χ4n) is 1.95. The number of nitrogens with zero attached hydrogens (tertiary/aromatic N) is 1. The molecule has 1 saturated heterocycles. The number of thioether (sulfide) groups is 1. The Morgan fingerprint density at radius 2 is 2.14 bits per heavy atom. The van der Waals surface area contributed by atoms with Gasteiger partial charge in [0.1, 0.15) is 6.17 Å². The summed E-state index contributed by atoms with van der Waals surface area (Å²) in [4.78, 5) is 23.1. The van der Waals surface area contributed by atoms with Crippen molar-refractivity contribution in [2.24, 2.45) is 0 Å². The molecule has 22 heavy (non-hydrogen) atoms. The molecular formula is C12H11F5N2O2S. The molecule has 122 valence electrons. The first kappa shape index (κ1) is 16.8. The highest BCUT2D eigenvalue weighted by Gasteiger charge is 2.39. The van der Waals surface area contributed by atoms with Crippen molar-refractivity contribution in [1.29, 1.82) is 0 Å². The number of alkyl halides is 4. The number of carbonyl (C=O) groups excluding carboxylic acids is 1. The van der Waals surface area contributed by atoms with Gasteiger partial charge in [-0.25, -0.2) is 22.0 Å². The maximum Gasteiger partial charge on any atom is 0.286 e. The van der Waals surface area contributed by atoms with Crippen LogP contribution in [0.25, 0.3) is 0 Å². The fraction of sp³-hybridized carbons (Fsp3) is 0.500. The molecular weight excluding hydrogens is 331 g/mol. The van der Waals surface area contributed by atoms with Crippen molar-refractivity contribution < 1.29 is 26.7 Å². The molecule has 0 aromatic carbocycles. The van der Waals surface area contributed by atoms with Crippen LogP contribution in [0.2, 0.25) is 0 Å². The molecule has 10 heteroatoms. The summed E-state index contributed by atoms with van der Waals surface area (Å²) in [5, 5.41) is 1.16. The van der Waals surface area contributed by atoms with Crippen LogP contribution >= 0.6 is 11.8 Å². The molecule has 1 aliphatic rings. The monoisotopic (exact) mass is 342 g/mol. The van der Waals surface area contributed by atoms with Crippen molar-refractivity contribution in [2.75, 3.05) is 5.32 Å². The SMILES string of the molecule is O=C(Nc1cc(F)c(=O)n(CC(F)F)c1)C1CC(F)C(F)S1. The molecule has 1 aromatic rings. The Bertz CT molecular complexity index is 614. The van der Waals surface area contributed by atoms with E-state index in [1.54, 1.807) is 0 Å². The zero-order valence-corrected chi connectivity index (χ0v) is 11.8. The molecule has 0 aliphatic carbocycles. The highest BCUT2D eigenvalue weighted by Crippen LogP contribution is 2.37. The van der Waals surface area contributed by atoms with E-state index in [-0.39, 0.29) is 12.1 Å². The van der Waals surface area contributed by atoms with Crippen LogP contribution in [0.3, 0.4) is 0 Å². The average molecular weight is 342 g/mol. The van der Waals surface area contributed by atoms with Gasteiger partial charge in [-0.15, -0.1) is 11.8 Å². The van der Waals surface area contributed by atoms with Crippen LogP contribution in [-0.4, -0.2) is 33.8 Å². The van der Waals surface area contributed by atoms with Gasteiger partial charge in [-0.05, 0) is 0 Å². The van der Waals surface area contributed by atoms with E-state index in [1.165, 1.54) is 0 Å². The maximum atomic E-state index is 13.4. The lowest BCUT2D eigenvalue weighted by Crippen LogP contribution is -2.28. The average Bonchev–Trinajstić information content (AvgIpc) is 2.75. The summed E-state index contributed by atoms with van der Waals surface area (Å²) >= 11 is 0.487. The zero-order chi connectivity index (χ0) is 16.4. The number of hydrogen-bond acceptors (Lipinski definition) is 3. The van der Waals surface area contributed by atoms with Crippen molar-refractivity contribution in [3.8, 4) is 0 Å². The summed E-state index contributed by atoms with van der Waals surface area (Å²) < 4.78 is 64.5. The standard InChI is InChI=1S/C12H11F5N2O2S/c13-6-2-8(22-10(6)17)11(20)18-5-1-7(14)12(21)19(3-5)4-9(15)16/h1,3,6,8-10H,2,4H2,(H,18,20). The van der Waals surface area contributed by atoms with E-state index in [0.717, 1.165) is 6.20 Å². The Balaban J connectivity index is 2.14. The minimum absolute atomic E-state index is 0.235. The van der Waals surface area contributed by atoms with Crippen molar-refractivity contribution in [2.45, 2.75) is 36.3 Å². The van der Waals surface area contributed by atoms with E-state index < -0.39 is 47.2 Å². The van der Waals surface area contributed by atoms with Gasteiger partial charge in [0.2, 0.25) is 5.91 Å². The third-order valence-corrected chi connectivity index (χ3v) is 4.25. The zero-order valence-electron chi connectivity index (χ0n) is 10.9. The number of anilines is 1. The van der Waals surface area contributed by atoms with Gasteiger partial charge in [0.15, 0.2) is 11.3 Å². The number of pyridine rings is 1. The Kier molecular flexibility index (Phi) is 5.09. The lowest BCUT2D eigenvalue weighted by molar-refractivity contribution is -0.115. The number of rotatable bonds is 4. The maximum absolute atomic E-state index is 13.4. The molecule has 2 rings (SSSR count). The van der Waals surface area contributed by atoms with Crippen LogP contribution in [-0.2, 0) is 11.3 Å². The highest BCUT2D eigenvalue weighted by atomic mass is 32.2. The lowest BCUT2D eigenvalue weighted by atomic mass is 10.2. The number of hydrogen-bond donors (Lipinski definition) is 1. The Morgan fingerprint density at radius 3 is 2.68 bits per heavy atom. The van der Waals surface area contributed by atoms with E-state index in [1.807, 2.05) is 0 Å². The molecule has 0 bridgehead atoms. The van der Waals surface area contributed by atoms with Crippen LogP contribution in [0.1, 0.15) is 6.42 Å². The fourth-order valence-corrected chi connectivity index (χ4v) is 3.03. The first-order valence-electron chi connectivity index (χ1n) is 6.20. The molecule has 1 N–H and O–H groups in total. The van der Waals surface area contributed by atoms with E-state index >= 15 is 0 Å². The second-order valence-electron chi connectivity index (χ2n) is 4.64. The molecule has 1 fully saturated rings. The number of carbonyl (C=O) groups is 1. The molecule has 1 aromatic heterocycles. The molecule has 0 saturated carbocycles. The molecule has 0 spiro atoms. The van der Waals surface area contributed by atoms with E-state index in [4.69, 9.17) is 0 Å². The van der Waals surface area contributed by atoms with Crippen molar-refractivity contribution in [3.05, 3.63) is 28.4 Å². The van der Waals surface area contributed by atoms with E-state index in [0.29, 0.717) is 22.4 Å². The number of aromatic nitrogens is 1. The molecule has 1 aliphatic heterocycles. The van der Waals surface area contributed by atoms with Crippen molar-refractivity contribution >= 4 is 23.4 Å². The molecule has 0 radical (unpaired) electrons. The number of nitrogens with one attached hydrogen (secondary N) is 1. The van der Waals surface area contributed by atoms with Gasteiger partial charge < -0.3 is 9.88 Å². The van der Waals surface area contributed by atoms with Gasteiger partial charge in [0.05, 0.1) is 17.5 Å². The van der Waals surface area contributed by atoms with Crippen LogP contribution in [0.15, 0.2) is 17.1 Å². The largest absolute Gasteiger partial charge is 0.324 e. The molecule has 2 heterocycles. The second kappa shape index (κ2) is 6.67. The van der Waals surface area contributed by atoms with Gasteiger partial charge in [-0.3, -0.25) is 9.59 Å². The van der Waals surface area contributed by atoms with Crippen LogP contribution in [0.5, 0.6) is 0 Å². The third kappa shape index (κ3) is 3.79. The van der Waals surface area contributed by atoms with Crippen LogP contribution < -0.4 is 10.9 Å². The predicted octanol–water partition coefficient (Wildman–Crippen LogP) is 2.33. The Hall–Kier alpha value is -1.58. The van der Waals surface area contributed by atoms with Gasteiger partial charge in [-0.1, -0.05) is 0 Å². The van der Waals surface area contributed by atoms with Crippen LogP contribution in [0, 0.1) is 5.82 Å². The van der Waals surface area contributed by atoms with Gasteiger partial charge in [-0.2, -0.15) is 0 Å². The molecule has 3 atom stereocenters. The summed E-state index contributed by atoms with van der Waals surface area (Å²) in [5.74, 6) is -2.10. The van der Waals surface area contributed by atoms with E-state index in [9.17, 15) is 31.5 Å². The Morgan fingerprint density at radius 1 is 1.45 bits per heavy atom. The topological polar surface area (TPSA) is 51.1 Å². The highest BCUT2D eigenvalue weighted by molar-refractivity contribution is 8.01. The summed E-state index contributed by atoms with van der Waals surface area (Å²) in [6.07, 6.45) is -4.13. The molecule has 3 unspecified atom stereocenters. The van der Waals surface area contributed by atoms with Gasteiger partial charge >= 0.3 is 0 Å². The van der Waals surface area contributed by atoms with Crippen molar-refractivity contribution in [3.63, 3.8) is 0 Å². The lowest BCUT2D eigenvalue weighted by Gasteiger charge is -2.12. The first-order valence-corrected chi connectivity index (χ1v) is 7.15. The Labute approximate surface area is 125 Å². The van der Waals surface area contributed by atoms with Crippen LogP contribution in [0.4, 0.5) is 27.6 Å². The molecule has 4 nitrogen and oxygen atoms in total. The summed E-state index contributed by atoms with van der Waals surface area (Å²) in [7, 11) is 0. The smallest absolute Gasteiger partial charge is 0.286 e. The first-order chi connectivity index (χ1) is 10.3. The normalized spacial score (nSPS) is 24.7. The number of amides is 1.